The molecule has 0 radical (unpaired) electrons. The summed E-state index contributed by atoms with van der Waals surface area (Å²) in [6, 6.07) is 4.87. The first-order valence-electron chi connectivity index (χ1n) is 5.66. The molecule has 0 aliphatic carbocycles. The van der Waals surface area contributed by atoms with Crippen molar-refractivity contribution < 1.29 is 9.52 Å². The van der Waals surface area contributed by atoms with Crippen LogP contribution in [0.4, 0.5) is 0 Å². The van der Waals surface area contributed by atoms with Gasteiger partial charge in [-0.25, -0.2) is 4.79 Å². The third-order valence-corrected chi connectivity index (χ3v) is 2.77. The molecule has 0 bridgehead atoms. The second-order valence-corrected chi connectivity index (χ2v) is 4.02. The van der Waals surface area contributed by atoms with Crippen LogP contribution < -0.4 is 5.63 Å². The van der Waals surface area contributed by atoms with Crippen molar-refractivity contribution in [3.05, 3.63) is 65.1 Å². The second-order valence-electron chi connectivity index (χ2n) is 4.02. The minimum Gasteiger partial charge on any atom is -0.507 e. The summed E-state index contributed by atoms with van der Waals surface area (Å²) in [6.07, 6.45) is 4.39. The minimum atomic E-state index is -0.427. The lowest BCUT2D eigenvalue weighted by molar-refractivity contribution is 0.461. The van der Waals surface area contributed by atoms with Gasteiger partial charge in [0.15, 0.2) is 0 Å². The monoisotopic (exact) mass is 242 g/mol. The van der Waals surface area contributed by atoms with E-state index in [-0.39, 0.29) is 5.75 Å². The van der Waals surface area contributed by atoms with Gasteiger partial charge in [-0.05, 0) is 30.5 Å². The fourth-order valence-electron chi connectivity index (χ4n) is 1.98. The van der Waals surface area contributed by atoms with E-state index in [2.05, 4.69) is 13.2 Å². The van der Waals surface area contributed by atoms with E-state index in [1.54, 1.807) is 18.2 Å². The van der Waals surface area contributed by atoms with E-state index in [4.69, 9.17) is 4.42 Å². The van der Waals surface area contributed by atoms with Crippen molar-refractivity contribution in [2.75, 3.05) is 0 Å². The van der Waals surface area contributed by atoms with Gasteiger partial charge in [-0.15, -0.1) is 13.2 Å². The number of allylic oxidation sites excluding steroid dienone is 2. The third kappa shape index (κ3) is 2.07. The average molecular weight is 242 g/mol. The quantitative estimate of drug-likeness (QED) is 0.662. The Bertz CT molecular complexity index is 665. The predicted molar refractivity (Wildman–Crippen MR) is 72.0 cm³/mol. The molecule has 0 fully saturated rings. The Hall–Kier alpha value is -2.29. The van der Waals surface area contributed by atoms with Gasteiger partial charge in [-0.1, -0.05) is 12.2 Å². The van der Waals surface area contributed by atoms with Crippen LogP contribution in [0.3, 0.4) is 0 Å². The third-order valence-electron chi connectivity index (χ3n) is 2.77. The Morgan fingerprint density at radius 2 is 1.94 bits per heavy atom. The van der Waals surface area contributed by atoms with Crippen LogP contribution in [0.15, 0.2) is 52.7 Å². The summed E-state index contributed by atoms with van der Waals surface area (Å²) in [5.41, 5.74) is 1.36. The fourth-order valence-corrected chi connectivity index (χ4v) is 1.98. The van der Waals surface area contributed by atoms with Gasteiger partial charge in [-0.3, -0.25) is 0 Å². The van der Waals surface area contributed by atoms with Gasteiger partial charge in [0.2, 0.25) is 0 Å². The predicted octanol–water partition coefficient (Wildman–Crippen LogP) is 2.96. The topological polar surface area (TPSA) is 50.4 Å². The average Bonchev–Trinajstić information content (AvgIpc) is 2.35. The van der Waals surface area contributed by atoms with Crippen molar-refractivity contribution in [2.24, 2.45) is 0 Å². The maximum atomic E-state index is 11.3. The summed E-state index contributed by atoms with van der Waals surface area (Å²) in [4.78, 5) is 11.3. The normalized spacial score (nSPS) is 10.4. The molecule has 0 saturated carbocycles. The molecule has 0 amide bonds. The lowest BCUT2D eigenvalue weighted by Crippen LogP contribution is -1.99. The van der Waals surface area contributed by atoms with Gasteiger partial charge < -0.3 is 9.52 Å². The Balaban J connectivity index is 2.82. The summed E-state index contributed by atoms with van der Waals surface area (Å²) < 4.78 is 5.17. The summed E-state index contributed by atoms with van der Waals surface area (Å²) in [6.45, 7) is 7.31. The maximum Gasteiger partial charge on any atom is 0.336 e. The molecule has 3 heteroatoms. The molecule has 0 spiro atoms. The Kier molecular flexibility index (Phi) is 3.33. The zero-order chi connectivity index (χ0) is 13.1. The van der Waals surface area contributed by atoms with E-state index < -0.39 is 5.63 Å². The molecule has 0 unspecified atom stereocenters. The van der Waals surface area contributed by atoms with Crippen LogP contribution in [0.1, 0.15) is 11.1 Å². The van der Waals surface area contributed by atoms with Crippen molar-refractivity contribution in [1.29, 1.82) is 0 Å². The van der Waals surface area contributed by atoms with Gasteiger partial charge in [-0.2, -0.15) is 0 Å². The van der Waals surface area contributed by atoms with Crippen LogP contribution in [-0.4, -0.2) is 5.11 Å². The summed E-state index contributed by atoms with van der Waals surface area (Å²) in [5.74, 6) is 0.150. The van der Waals surface area contributed by atoms with Gasteiger partial charge in [0, 0.05) is 17.0 Å². The number of aromatic hydroxyl groups is 1. The van der Waals surface area contributed by atoms with E-state index in [1.807, 2.05) is 6.07 Å². The van der Waals surface area contributed by atoms with E-state index in [9.17, 15) is 9.90 Å². The summed E-state index contributed by atoms with van der Waals surface area (Å²) >= 11 is 0. The van der Waals surface area contributed by atoms with Gasteiger partial charge in [0.05, 0.1) is 0 Å². The summed E-state index contributed by atoms with van der Waals surface area (Å²) in [7, 11) is 0. The number of hydrogen-bond acceptors (Lipinski definition) is 3. The van der Waals surface area contributed by atoms with Crippen LogP contribution in [0.2, 0.25) is 0 Å². The van der Waals surface area contributed by atoms with Crippen molar-refractivity contribution in [2.45, 2.75) is 12.8 Å². The van der Waals surface area contributed by atoms with Crippen LogP contribution in [0.25, 0.3) is 11.0 Å². The Labute approximate surface area is 105 Å². The zero-order valence-corrected chi connectivity index (χ0v) is 9.98. The van der Waals surface area contributed by atoms with Crippen LogP contribution in [0, 0.1) is 0 Å². The minimum absolute atomic E-state index is 0.150. The smallest absolute Gasteiger partial charge is 0.336 e. The van der Waals surface area contributed by atoms with E-state index in [0.29, 0.717) is 24.0 Å². The maximum absolute atomic E-state index is 11.3. The molecule has 2 rings (SSSR count). The van der Waals surface area contributed by atoms with E-state index in [1.165, 1.54) is 6.07 Å². The van der Waals surface area contributed by atoms with Crippen LogP contribution in [0.5, 0.6) is 5.75 Å². The molecule has 0 aliphatic rings. The lowest BCUT2D eigenvalue weighted by Gasteiger charge is -2.10. The molecule has 1 aromatic heterocycles. The van der Waals surface area contributed by atoms with Crippen LogP contribution in [-0.2, 0) is 12.8 Å². The van der Waals surface area contributed by atoms with Crippen molar-refractivity contribution in [3.8, 4) is 5.75 Å². The first-order valence-corrected chi connectivity index (χ1v) is 5.66. The lowest BCUT2D eigenvalue weighted by atomic mass is 10.00. The molecular weight excluding hydrogens is 228 g/mol. The molecule has 1 heterocycles. The van der Waals surface area contributed by atoms with Gasteiger partial charge in [0.25, 0.3) is 0 Å². The highest BCUT2D eigenvalue weighted by atomic mass is 16.4. The Morgan fingerprint density at radius 3 is 2.61 bits per heavy atom. The molecular formula is C15H14O3. The number of benzene rings is 1. The molecule has 1 N–H and O–H groups in total. The largest absolute Gasteiger partial charge is 0.507 e. The van der Waals surface area contributed by atoms with Crippen molar-refractivity contribution in [1.82, 2.24) is 0 Å². The summed E-state index contributed by atoms with van der Waals surface area (Å²) in [5, 5.41) is 11.0. The number of fused-ring (bicyclic) bond motifs is 1. The van der Waals surface area contributed by atoms with Crippen LogP contribution >= 0.6 is 0 Å². The van der Waals surface area contributed by atoms with E-state index in [0.717, 1.165) is 10.9 Å². The number of phenolic OH excluding ortho intramolecular Hbond substituents is 1. The Morgan fingerprint density at radius 1 is 1.22 bits per heavy atom. The number of phenols is 1. The highest BCUT2D eigenvalue weighted by Crippen LogP contribution is 2.31. The molecule has 0 saturated heterocycles. The van der Waals surface area contributed by atoms with Gasteiger partial charge in [0.1, 0.15) is 11.3 Å². The highest BCUT2D eigenvalue weighted by Gasteiger charge is 2.13. The van der Waals surface area contributed by atoms with Crippen molar-refractivity contribution >= 4 is 11.0 Å². The first kappa shape index (κ1) is 12.2. The SMILES string of the molecule is C=CCc1cc2ccc(=O)oc2c(CC=C)c1O. The van der Waals surface area contributed by atoms with E-state index >= 15 is 0 Å². The number of rotatable bonds is 4. The second kappa shape index (κ2) is 4.92. The number of hydrogen-bond donors (Lipinski definition) is 1. The standard InChI is InChI=1S/C15H14O3/c1-3-5-10-9-11-7-8-13(16)18-15(11)12(6-4-2)14(10)17/h3-4,7-9,17H,1-2,5-6H2. The fraction of sp³-hybridized carbons (Fsp3) is 0.133. The van der Waals surface area contributed by atoms with Gasteiger partial charge >= 0.3 is 5.63 Å². The zero-order valence-electron chi connectivity index (χ0n) is 9.98. The first-order chi connectivity index (χ1) is 8.67. The molecule has 1 aromatic carbocycles. The molecule has 0 atom stereocenters. The molecule has 2 aromatic rings. The van der Waals surface area contributed by atoms with Crippen molar-refractivity contribution in [3.63, 3.8) is 0 Å². The molecule has 18 heavy (non-hydrogen) atoms. The molecule has 0 aliphatic heterocycles. The molecule has 3 nitrogen and oxygen atoms in total. The highest BCUT2D eigenvalue weighted by molar-refractivity contribution is 5.83. The molecule has 92 valence electrons.